The number of nitrogens with one attached hydrogen (secondary N) is 1. The number of hydrogen-bond donors (Lipinski definition) is 1. The van der Waals surface area contributed by atoms with Crippen LogP contribution in [-0.2, 0) is 19.4 Å². The number of amides is 1. The quantitative estimate of drug-likeness (QED) is 0.776. The molecule has 0 aromatic carbocycles. The number of carbonyl (C=O) groups is 1. The van der Waals surface area contributed by atoms with E-state index in [1.165, 1.54) is 0 Å². The third-order valence-electron chi connectivity index (χ3n) is 5.43. The van der Waals surface area contributed by atoms with Gasteiger partial charge in [0.1, 0.15) is 0 Å². The molecule has 7 heteroatoms. The first-order valence-electron chi connectivity index (χ1n) is 8.59. The number of nitrogens with zero attached hydrogens (tertiary/aromatic N) is 1. The summed E-state index contributed by atoms with van der Waals surface area (Å²) in [6, 6.07) is 0. The second-order valence-electron chi connectivity index (χ2n) is 7.17. The van der Waals surface area contributed by atoms with Crippen molar-refractivity contribution in [2.75, 3.05) is 32.8 Å². The van der Waals surface area contributed by atoms with Crippen LogP contribution >= 0.6 is 0 Å². The number of sulfone groups is 1. The highest BCUT2D eigenvalue weighted by Gasteiger charge is 2.60. The van der Waals surface area contributed by atoms with Crippen molar-refractivity contribution in [3.8, 4) is 0 Å². The van der Waals surface area contributed by atoms with Crippen molar-refractivity contribution in [3.63, 3.8) is 0 Å². The molecule has 2 aliphatic carbocycles. The zero-order chi connectivity index (χ0) is 16.1. The highest BCUT2D eigenvalue weighted by Crippen LogP contribution is 2.50. The Bertz CT molecular complexity index is 628. The van der Waals surface area contributed by atoms with E-state index in [9.17, 15) is 13.2 Å². The highest BCUT2D eigenvalue weighted by atomic mass is 32.2. The Labute approximate surface area is 137 Å². The van der Waals surface area contributed by atoms with Gasteiger partial charge in [0.25, 0.3) is 5.91 Å². The average Bonchev–Trinajstić information content (AvgIpc) is 3.44. The van der Waals surface area contributed by atoms with Crippen LogP contribution in [0.2, 0.25) is 0 Å². The van der Waals surface area contributed by atoms with Gasteiger partial charge in [-0.25, -0.2) is 8.42 Å². The SMILES string of the molecule is O=C1C(C2CNCCO2)=CCCN1CC1(S(=O)(=O)C2CC2)CC1. The fourth-order valence-electron chi connectivity index (χ4n) is 3.68. The molecule has 2 aliphatic heterocycles. The number of rotatable bonds is 5. The van der Waals surface area contributed by atoms with Crippen LogP contribution < -0.4 is 5.32 Å². The van der Waals surface area contributed by atoms with E-state index in [1.807, 2.05) is 6.08 Å². The molecule has 0 aromatic heterocycles. The number of ether oxygens (including phenoxy) is 1. The van der Waals surface area contributed by atoms with Crippen LogP contribution in [0.3, 0.4) is 0 Å². The molecular formula is C16H24N2O4S. The summed E-state index contributed by atoms with van der Waals surface area (Å²) < 4.78 is 30.4. The van der Waals surface area contributed by atoms with E-state index in [0.717, 1.165) is 25.8 Å². The zero-order valence-corrected chi connectivity index (χ0v) is 14.1. The minimum absolute atomic E-state index is 0.0396. The van der Waals surface area contributed by atoms with Gasteiger partial charge in [-0.15, -0.1) is 0 Å². The van der Waals surface area contributed by atoms with Gasteiger partial charge in [-0.3, -0.25) is 4.79 Å². The van der Waals surface area contributed by atoms with Gasteiger partial charge in [0.15, 0.2) is 9.84 Å². The summed E-state index contributed by atoms with van der Waals surface area (Å²) in [6.07, 6.45) is 5.54. The van der Waals surface area contributed by atoms with Crippen molar-refractivity contribution in [2.24, 2.45) is 0 Å². The minimum Gasteiger partial charge on any atom is -0.371 e. The van der Waals surface area contributed by atoms with E-state index in [1.54, 1.807) is 4.90 Å². The lowest BCUT2D eigenvalue weighted by atomic mass is 10.0. The fraction of sp³-hybridized carbons (Fsp3) is 0.812. The van der Waals surface area contributed by atoms with Gasteiger partial charge < -0.3 is 15.0 Å². The highest BCUT2D eigenvalue weighted by molar-refractivity contribution is 7.94. The largest absolute Gasteiger partial charge is 0.371 e. The maximum Gasteiger partial charge on any atom is 0.252 e. The molecule has 4 aliphatic rings. The van der Waals surface area contributed by atoms with Gasteiger partial charge in [-0.1, -0.05) is 6.08 Å². The van der Waals surface area contributed by atoms with E-state index in [0.29, 0.717) is 44.7 Å². The molecular weight excluding hydrogens is 316 g/mol. The average molecular weight is 340 g/mol. The van der Waals surface area contributed by atoms with Crippen LogP contribution in [0.15, 0.2) is 11.6 Å². The third kappa shape index (κ3) is 2.72. The van der Waals surface area contributed by atoms with Crippen molar-refractivity contribution in [1.29, 1.82) is 0 Å². The van der Waals surface area contributed by atoms with Gasteiger partial charge in [0.05, 0.1) is 22.7 Å². The lowest BCUT2D eigenvalue weighted by Crippen LogP contribution is -2.49. The van der Waals surface area contributed by atoms with E-state index in [-0.39, 0.29) is 17.3 Å². The van der Waals surface area contributed by atoms with Gasteiger partial charge >= 0.3 is 0 Å². The Kier molecular flexibility index (Phi) is 3.77. The van der Waals surface area contributed by atoms with Gasteiger partial charge in [0, 0.05) is 31.8 Å². The zero-order valence-electron chi connectivity index (χ0n) is 13.3. The molecule has 2 heterocycles. The summed E-state index contributed by atoms with van der Waals surface area (Å²) in [7, 11) is -3.08. The molecule has 1 N–H and O–H groups in total. The molecule has 0 aromatic rings. The predicted octanol–water partition coefficient (Wildman–Crippen LogP) is 0.243. The van der Waals surface area contributed by atoms with Crippen LogP contribution in [0.5, 0.6) is 0 Å². The second kappa shape index (κ2) is 5.57. The standard InChI is InChI=1S/C16H24N2O4S/c19-15-13(14-10-17-7-9-22-14)2-1-8-18(15)11-16(5-6-16)23(20,21)12-3-4-12/h2,12,14,17H,1,3-11H2. The molecule has 23 heavy (non-hydrogen) atoms. The molecule has 1 unspecified atom stereocenters. The first kappa shape index (κ1) is 15.6. The minimum atomic E-state index is -3.08. The van der Waals surface area contributed by atoms with Crippen LogP contribution in [0.4, 0.5) is 0 Å². The summed E-state index contributed by atoms with van der Waals surface area (Å²) in [5, 5.41) is 3.10. The molecule has 0 bridgehead atoms. The maximum atomic E-state index is 12.8. The third-order valence-corrected chi connectivity index (χ3v) is 8.52. The van der Waals surface area contributed by atoms with Crippen LogP contribution in [-0.4, -0.2) is 68.1 Å². The van der Waals surface area contributed by atoms with E-state index in [4.69, 9.17) is 4.74 Å². The van der Waals surface area contributed by atoms with Crippen molar-refractivity contribution in [1.82, 2.24) is 10.2 Å². The van der Waals surface area contributed by atoms with Crippen LogP contribution in [0, 0.1) is 0 Å². The van der Waals surface area contributed by atoms with Crippen molar-refractivity contribution < 1.29 is 17.9 Å². The monoisotopic (exact) mass is 340 g/mol. The smallest absolute Gasteiger partial charge is 0.252 e. The van der Waals surface area contributed by atoms with Crippen molar-refractivity contribution in [2.45, 2.75) is 48.2 Å². The lowest BCUT2D eigenvalue weighted by Gasteiger charge is -2.34. The number of hydrogen-bond acceptors (Lipinski definition) is 5. The summed E-state index contributed by atoms with van der Waals surface area (Å²) in [6.45, 7) is 3.04. The summed E-state index contributed by atoms with van der Waals surface area (Å²) >= 11 is 0. The van der Waals surface area contributed by atoms with Crippen LogP contribution in [0.1, 0.15) is 32.1 Å². The van der Waals surface area contributed by atoms with E-state index >= 15 is 0 Å². The molecule has 3 fully saturated rings. The maximum absolute atomic E-state index is 12.8. The summed E-state index contributed by atoms with van der Waals surface area (Å²) in [5.41, 5.74) is 0.697. The van der Waals surface area contributed by atoms with Crippen molar-refractivity contribution >= 4 is 15.7 Å². The molecule has 6 nitrogen and oxygen atoms in total. The number of carbonyl (C=O) groups excluding carboxylic acids is 1. The van der Waals surface area contributed by atoms with Crippen LogP contribution in [0.25, 0.3) is 0 Å². The summed E-state index contributed by atoms with van der Waals surface area (Å²) in [5.74, 6) is -0.0396. The Balaban J connectivity index is 1.48. The number of morpholine rings is 1. The Morgan fingerprint density at radius 3 is 2.74 bits per heavy atom. The molecule has 0 spiro atoms. The molecule has 0 radical (unpaired) electrons. The topological polar surface area (TPSA) is 75.7 Å². The molecule has 128 valence electrons. The molecule has 1 atom stereocenters. The normalized spacial score (nSPS) is 31.0. The fourth-order valence-corrected chi connectivity index (χ4v) is 6.15. The van der Waals surface area contributed by atoms with Gasteiger partial charge in [-0.2, -0.15) is 0 Å². The molecule has 4 rings (SSSR count). The predicted molar refractivity (Wildman–Crippen MR) is 85.8 cm³/mol. The lowest BCUT2D eigenvalue weighted by molar-refractivity contribution is -0.129. The first-order chi connectivity index (χ1) is 11.0. The first-order valence-corrected chi connectivity index (χ1v) is 10.1. The van der Waals surface area contributed by atoms with E-state index in [2.05, 4.69) is 5.32 Å². The molecule has 2 saturated carbocycles. The van der Waals surface area contributed by atoms with Gasteiger partial charge in [0.2, 0.25) is 0 Å². The van der Waals surface area contributed by atoms with E-state index < -0.39 is 14.6 Å². The Morgan fingerprint density at radius 2 is 2.13 bits per heavy atom. The van der Waals surface area contributed by atoms with Gasteiger partial charge in [-0.05, 0) is 32.1 Å². The van der Waals surface area contributed by atoms with Crippen molar-refractivity contribution in [3.05, 3.63) is 11.6 Å². The molecule has 1 saturated heterocycles. The summed E-state index contributed by atoms with van der Waals surface area (Å²) in [4.78, 5) is 14.5. The second-order valence-corrected chi connectivity index (χ2v) is 9.79. The Morgan fingerprint density at radius 1 is 1.35 bits per heavy atom. The molecule has 1 amide bonds. The Hall–Kier alpha value is -0.920.